The lowest BCUT2D eigenvalue weighted by Crippen LogP contribution is -2.38. The number of fused-ring (bicyclic) bond motifs is 1. The summed E-state index contributed by atoms with van der Waals surface area (Å²) in [7, 11) is 0. The molecule has 4 N–H and O–H groups in total. The van der Waals surface area contributed by atoms with Crippen molar-refractivity contribution in [1.82, 2.24) is 30.6 Å². The van der Waals surface area contributed by atoms with Gasteiger partial charge in [-0.3, -0.25) is 19.9 Å². The van der Waals surface area contributed by atoms with Crippen LogP contribution < -0.4 is 15.5 Å². The van der Waals surface area contributed by atoms with Crippen molar-refractivity contribution < 1.29 is 19.5 Å². The molecule has 6 rings (SSSR count). The molecule has 3 aromatic heterocycles. The second kappa shape index (κ2) is 11.5. The van der Waals surface area contributed by atoms with Crippen LogP contribution in [0.15, 0.2) is 59.9 Å². The lowest BCUT2D eigenvalue weighted by Gasteiger charge is -2.32. The minimum Gasteiger partial charge on any atom is -0.478 e. The first kappa shape index (κ1) is 26.7. The molecule has 2 aliphatic heterocycles. The number of nitrogens with zero attached hydrogens (tertiary/aromatic N) is 4. The van der Waals surface area contributed by atoms with Crippen molar-refractivity contribution in [2.24, 2.45) is 5.92 Å². The highest BCUT2D eigenvalue weighted by molar-refractivity contribution is 8.18. The van der Waals surface area contributed by atoms with Crippen LogP contribution in [0.25, 0.3) is 28.2 Å². The van der Waals surface area contributed by atoms with Gasteiger partial charge in [-0.1, -0.05) is 6.07 Å². The van der Waals surface area contributed by atoms with Gasteiger partial charge in [0.25, 0.3) is 11.1 Å². The van der Waals surface area contributed by atoms with E-state index in [2.05, 4.69) is 35.5 Å². The van der Waals surface area contributed by atoms with Crippen molar-refractivity contribution in [1.29, 1.82) is 0 Å². The Morgan fingerprint density at radius 3 is 2.78 bits per heavy atom. The number of carboxylic acids is 1. The number of rotatable bonds is 8. The number of H-pyrrole nitrogens is 1. The number of thioether (sulfide) groups is 1. The van der Waals surface area contributed by atoms with E-state index in [0.29, 0.717) is 34.7 Å². The van der Waals surface area contributed by atoms with Crippen LogP contribution in [0.4, 0.5) is 10.7 Å². The number of carboxylic acid groups (broad SMARTS) is 1. The SMILES string of the molecule is O=C1NC(=O)/C(=C\c2ccnc(N3CCC(CNCc4cnc(-c5ccc6[nH]ccc6c5)c(C(=O)O)c4)CC3)n2)S1. The van der Waals surface area contributed by atoms with Gasteiger partial charge in [-0.05, 0) is 79.0 Å². The molecule has 0 spiro atoms. The Kier molecular flexibility index (Phi) is 7.49. The molecule has 41 heavy (non-hydrogen) atoms. The van der Waals surface area contributed by atoms with Crippen LogP contribution in [-0.2, 0) is 11.3 Å². The third-order valence-corrected chi connectivity index (χ3v) is 8.06. The van der Waals surface area contributed by atoms with E-state index in [-0.39, 0.29) is 10.8 Å². The number of aromatic carboxylic acids is 1. The smallest absolute Gasteiger partial charge is 0.337 e. The highest BCUT2D eigenvalue weighted by atomic mass is 32.2. The Labute approximate surface area is 239 Å². The van der Waals surface area contributed by atoms with Crippen molar-refractivity contribution >= 4 is 51.8 Å². The Balaban J connectivity index is 1.03. The number of aromatic amines is 1. The summed E-state index contributed by atoms with van der Waals surface area (Å²) in [5, 5.41) is 16.2. The van der Waals surface area contributed by atoms with Crippen LogP contribution in [0.2, 0.25) is 0 Å². The Morgan fingerprint density at radius 1 is 1.15 bits per heavy atom. The van der Waals surface area contributed by atoms with E-state index in [1.54, 1.807) is 30.6 Å². The molecule has 0 saturated carbocycles. The quantitative estimate of drug-likeness (QED) is 0.229. The number of amides is 2. The van der Waals surface area contributed by atoms with Gasteiger partial charge in [0.1, 0.15) is 0 Å². The van der Waals surface area contributed by atoms with Gasteiger partial charge in [0.05, 0.1) is 21.9 Å². The van der Waals surface area contributed by atoms with Gasteiger partial charge in [-0.2, -0.15) is 0 Å². The van der Waals surface area contributed by atoms with E-state index in [4.69, 9.17) is 0 Å². The summed E-state index contributed by atoms with van der Waals surface area (Å²) in [6.45, 7) is 2.92. The molecule has 0 unspecified atom stereocenters. The van der Waals surface area contributed by atoms with Crippen molar-refractivity contribution in [3.63, 3.8) is 0 Å². The van der Waals surface area contributed by atoms with Crippen LogP contribution in [0.3, 0.4) is 0 Å². The fourth-order valence-corrected chi connectivity index (χ4v) is 5.77. The predicted molar refractivity (Wildman–Crippen MR) is 156 cm³/mol. The van der Waals surface area contributed by atoms with Crippen LogP contribution in [0.5, 0.6) is 0 Å². The lowest BCUT2D eigenvalue weighted by molar-refractivity contribution is -0.115. The third kappa shape index (κ3) is 5.98. The first-order valence-electron chi connectivity index (χ1n) is 13.3. The maximum atomic E-state index is 12.0. The summed E-state index contributed by atoms with van der Waals surface area (Å²) >= 11 is 0.865. The molecule has 5 heterocycles. The minimum atomic E-state index is -1.00. The van der Waals surface area contributed by atoms with Crippen molar-refractivity contribution in [2.75, 3.05) is 24.5 Å². The molecule has 0 aliphatic carbocycles. The zero-order valence-corrected chi connectivity index (χ0v) is 22.8. The first-order valence-corrected chi connectivity index (χ1v) is 14.1. The number of pyridine rings is 1. The molecular weight excluding hydrogens is 542 g/mol. The van der Waals surface area contributed by atoms with Crippen molar-refractivity contribution in [2.45, 2.75) is 19.4 Å². The van der Waals surface area contributed by atoms with E-state index < -0.39 is 11.9 Å². The van der Waals surface area contributed by atoms with Gasteiger partial charge >= 0.3 is 5.97 Å². The van der Waals surface area contributed by atoms with Crippen LogP contribution in [0.1, 0.15) is 34.5 Å². The third-order valence-electron chi connectivity index (χ3n) is 7.25. The molecule has 0 bridgehead atoms. The molecule has 0 atom stereocenters. The normalized spacial score (nSPS) is 17.0. The van der Waals surface area contributed by atoms with Gasteiger partial charge in [-0.25, -0.2) is 14.8 Å². The fraction of sp³-hybridized carbons (Fsp3) is 0.241. The number of nitrogens with one attached hydrogen (secondary N) is 3. The molecule has 2 amide bonds. The number of aromatic nitrogens is 4. The molecule has 2 aliphatic rings. The summed E-state index contributed by atoms with van der Waals surface area (Å²) in [6, 6.07) is 11.1. The van der Waals surface area contributed by atoms with E-state index >= 15 is 0 Å². The molecule has 12 heteroatoms. The lowest BCUT2D eigenvalue weighted by atomic mass is 9.97. The largest absolute Gasteiger partial charge is 0.478 e. The summed E-state index contributed by atoms with van der Waals surface area (Å²) < 4.78 is 0. The number of benzene rings is 1. The van der Waals surface area contributed by atoms with Crippen LogP contribution in [-0.4, -0.2) is 61.8 Å². The summed E-state index contributed by atoms with van der Waals surface area (Å²) in [5.41, 5.74) is 3.80. The maximum absolute atomic E-state index is 12.0. The maximum Gasteiger partial charge on any atom is 0.337 e. The second-order valence-electron chi connectivity index (χ2n) is 10.0. The molecule has 208 valence electrons. The average molecular weight is 570 g/mol. The molecule has 0 radical (unpaired) electrons. The molecule has 11 nitrogen and oxygen atoms in total. The van der Waals surface area contributed by atoms with Crippen LogP contribution >= 0.6 is 11.8 Å². The van der Waals surface area contributed by atoms with Gasteiger partial charge in [0.15, 0.2) is 0 Å². The summed E-state index contributed by atoms with van der Waals surface area (Å²) in [5.74, 6) is -0.352. The Hall–Kier alpha value is -4.55. The molecule has 2 fully saturated rings. The van der Waals surface area contributed by atoms with Gasteiger partial charge < -0.3 is 20.3 Å². The standard InChI is InChI=1S/C29H27N7O4S/c37-26-24(41-29(40)35-26)13-21-4-8-32-28(34-21)36-9-5-17(6-10-36)14-30-15-18-11-22(27(38)39)25(33-16-18)20-1-2-23-19(12-20)3-7-31-23/h1-4,7-8,11-13,16-17,30-31H,5-6,9-10,14-15H2,(H,38,39)(H,35,37,40)/b24-13+. The zero-order valence-electron chi connectivity index (χ0n) is 22.0. The summed E-state index contributed by atoms with van der Waals surface area (Å²) in [4.78, 5) is 54.4. The van der Waals surface area contributed by atoms with E-state index in [9.17, 15) is 19.5 Å². The molecule has 2 saturated heterocycles. The van der Waals surface area contributed by atoms with E-state index in [0.717, 1.165) is 66.3 Å². The van der Waals surface area contributed by atoms with Crippen LogP contribution in [0, 0.1) is 5.92 Å². The fourth-order valence-electron chi connectivity index (χ4n) is 5.11. The number of carbonyl (C=O) groups is 3. The molecule has 4 aromatic rings. The first-order chi connectivity index (χ1) is 19.9. The van der Waals surface area contributed by atoms with Crippen molar-refractivity contribution in [3.8, 4) is 11.3 Å². The highest BCUT2D eigenvalue weighted by Gasteiger charge is 2.26. The Bertz CT molecular complexity index is 1680. The number of carbonyl (C=O) groups excluding carboxylic acids is 2. The number of piperidine rings is 1. The second-order valence-corrected chi connectivity index (χ2v) is 11.0. The average Bonchev–Trinajstić information content (AvgIpc) is 3.58. The predicted octanol–water partition coefficient (Wildman–Crippen LogP) is 4.05. The number of anilines is 1. The summed E-state index contributed by atoms with van der Waals surface area (Å²) in [6.07, 6.45) is 8.75. The highest BCUT2D eigenvalue weighted by Crippen LogP contribution is 2.27. The van der Waals surface area contributed by atoms with Gasteiger partial charge in [0.2, 0.25) is 5.95 Å². The van der Waals surface area contributed by atoms with E-state index in [1.165, 1.54) is 0 Å². The Morgan fingerprint density at radius 2 is 2.00 bits per heavy atom. The number of hydrogen-bond donors (Lipinski definition) is 4. The topological polar surface area (TPSA) is 153 Å². The zero-order chi connectivity index (χ0) is 28.3. The van der Waals surface area contributed by atoms with E-state index in [1.807, 2.05) is 30.5 Å². The van der Waals surface area contributed by atoms with Gasteiger partial charge in [0, 0.05) is 54.7 Å². The minimum absolute atomic E-state index is 0.184. The van der Waals surface area contributed by atoms with Crippen molar-refractivity contribution in [3.05, 3.63) is 76.7 Å². The molecular formula is C29H27N7O4S. The monoisotopic (exact) mass is 569 g/mol. The molecule has 1 aromatic carbocycles. The number of imide groups is 1. The number of hydrogen-bond acceptors (Lipinski definition) is 9. The van der Waals surface area contributed by atoms with Gasteiger partial charge in [-0.15, -0.1) is 0 Å².